The summed E-state index contributed by atoms with van der Waals surface area (Å²) in [4.78, 5) is 13.5. The summed E-state index contributed by atoms with van der Waals surface area (Å²) < 4.78 is 36.5. The van der Waals surface area contributed by atoms with Gasteiger partial charge in [-0.3, -0.25) is 4.79 Å². The van der Waals surface area contributed by atoms with Crippen LogP contribution in [0.5, 0.6) is 0 Å². The van der Waals surface area contributed by atoms with Gasteiger partial charge in [0.2, 0.25) is 6.41 Å². The maximum absolute atomic E-state index is 12.2. The Bertz CT molecular complexity index is 338. The first kappa shape index (κ1) is 16.2. The van der Waals surface area contributed by atoms with Crippen molar-refractivity contribution in [1.82, 2.24) is 10.3 Å². The molecule has 0 aromatic carbocycles. The van der Waals surface area contributed by atoms with Gasteiger partial charge >= 0.3 is 6.18 Å². The first-order valence-corrected chi connectivity index (χ1v) is 5.48. The average Bonchev–Trinajstić information content (AvgIpc) is 2.37. The van der Waals surface area contributed by atoms with Crippen LogP contribution in [0.3, 0.4) is 0 Å². The van der Waals surface area contributed by atoms with E-state index >= 15 is 0 Å². The van der Waals surface area contributed by atoms with Crippen LogP contribution in [0.2, 0.25) is 0 Å². The highest BCUT2D eigenvalue weighted by Gasteiger charge is 2.30. The Morgan fingerprint density at radius 3 is 2.39 bits per heavy atom. The lowest BCUT2D eigenvalue weighted by Crippen LogP contribution is -2.20. The molecule has 0 saturated heterocycles. The smallest absolute Gasteiger partial charge is 0.368 e. The van der Waals surface area contributed by atoms with E-state index in [4.69, 9.17) is 0 Å². The number of alkyl halides is 3. The van der Waals surface area contributed by atoms with Gasteiger partial charge in [-0.15, -0.1) is 0 Å². The number of amides is 1. The normalized spacial score (nSPS) is 10.1. The highest BCUT2D eigenvalue weighted by molar-refractivity contribution is 5.46. The summed E-state index contributed by atoms with van der Waals surface area (Å²) in [7, 11) is 0. The molecule has 1 heterocycles. The second-order valence-electron chi connectivity index (χ2n) is 2.93. The van der Waals surface area contributed by atoms with Crippen LogP contribution in [0.4, 0.5) is 19.0 Å². The van der Waals surface area contributed by atoms with Gasteiger partial charge in [-0.2, -0.15) is 13.2 Å². The molecule has 0 fully saturated rings. The van der Waals surface area contributed by atoms with Crippen molar-refractivity contribution in [3.8, 4) is 0 Å². The molecular weight excluding hydrogens is 247 g/mol. The van der Waals surface area contributed by atoms with E-state index in [2.05, 4.69) is 15.6 Å². The minimum absolute atomic E-state index is 0.334. The number of anilines is 1. The molecule has 1 aromatic heterocycles. The number of pyridine rings is 1. The molecule has 0 aliphatic rings. The molecule has 0 bridgehead atoms. The van der Waals surface area contributed by atoms with Crippen LogP contribution in [-0.4, -0.2) is 24.5 Å². The molecule has 1 amide bonds. The average molecular weight is 263 g/mol. The molecule has 1 aromatic rings. The van der Waals surface area contributed by atoms with E-state index in [1.54, 1.807) is 0 Å². The second kappa shape index (κ2) is 8.32. The predicted molar refractivity (Wildman–Crippen MR) is 63.1 cm³/mol. The number of carbonyl (C=O) groups is 1. The third-order valence-corrected chi connectivity index (χ3v) is 1.75. The zero-order chi connectivity index (χ0) is 14.0. The fraction of sp³-hybridized carbons (Fsp3) is 0.455. The first-order chi connectivity index (χ1) is 8.54. The minimum atomic E-state index is -4.37. The summed E-state index contributed by atoms with van der Waals surface area (Å²) in [6, 6.07) is 2.19. The number of hydrogen-bond acceptors (Lipinski definition) is 3. The quantitative estimate of drug-likeness (QED) is 0.633. The number of halogens is 3. The van der Waals surface area contributed by atoms with E-state index in [-0.39, 0.29) is 0 Å². The monoisotopic (exact) mass is 263 g/mol. The number of hydrogen-bond donors (Lipinski definition) is 2. The molecule has 1 rings (SSSR count). The zero-order valence-electron chi connectivity index (χ0n) is 10.2. The van der Waals surface area contributed by atoms with Crippen molar-refractivity contribution in [2.45, 2.75) is 20.0 Å². The lowest BCUT2D eigenvalue weighted by atomic mass is 10.3. The summed E-state index contributed by atoms with van der Waals surface area (Å²) in [5.74, 6) is 0.334. The zero-order valence-corrected chi connectivity index (χ0v) is 10.2. The van der Waals surface area contributed by atoms with Gasteiger partial charge < -0.3 is 10.6 Å². The van der Waals surface area contributed by atoms with Crippen molar-refractivity contribution in [2.24, 2.45) is 0 Å². The molecule has 18 heavy (non-hydrogen) atoms. The number of aromatic nitrogens is 1. The van der Waals surface area contributed by atoms with Gasteiger partial charge in [-0.1, -0.05) is 13.8 Å². The standard InChI is InChI=1S/C9H10F3N3O.C2H6/c10-9(11,12)7-1-2-8(15-5-7)14-4-3-13-6-16;1-2/h1-2,5-6H,3-4H2,(H,13,16)(H,14,15);1-2H3. The van der Waals surface area contributed by atoms with Crippen molar-refractivity contribution in [3.63, 3.8) is 0 Å². The van der Waals surface area contributed by atoms with E-state index in [1.165, 1.54) is 6.07 Å². The van der Waals surface area contributed by atoms with Crippen molar-refractivity contribution in [1.29, 1.82) is 0 Å². The SMILES string of the molecule is CC.O=CNCCNc1ccc(C(F)(F)F)cn1. The number of rotatable bonds is 5. The maximum Gasteiger partial charge on any atom is 0.417 e. The summed E-state index contributed by atoms with van der Waals surface area (Å²) >= 11 is 0. The van der Waals surface area contributed by atoms with Crippen LogP contribution < -0.4 is 10.6 Å². The van der Waals surface area contributed by atoms with Gasteiger partial charge in [0.05, 0.1) is 5.56 Å². The van der Waals surface area contributed by atoms with Crippen LogP contribution in [0.25, 0.3) is 0 Å². The van der Waals surface area contributed by atoms with Crippen LogP contribution in [-0.2, 0) is 11.0 Å². The number of nitrogens with zero attached hydrogens (tertiary/aromatic N) is 1. The highest BCUT2D eigenvalue weighted by atomic mass is 19.4. The van der Waals surface area contributed by atoms with Crippen molar-refractivity contribution in [3.05, 3.63) is 23.9 Å². The van der Waals surface area contributed by atoms with Crippen molar-refractivity contribution < 1.29 is 18.0 Å². The van der Waals surface area contributed by atoms with Gasteiger partial charge in [0.1, 0.15) is 5.82 Å². The number of nitrogens with one attached hydrogen (secondary N) is 2. The Kier molecular flexibility index (Phi) is 7.50. The summed E-state index contributed by atoms with van der Waals surface area (Å²) in [6.45, 7) is 4.78. The summed E-state index contributed by atoms with van der Waals surface area (Å²) in [5.41, 5.74) is -0.788. The van der Waals surface area contributed by atoms with E-state index in [0.29, 0.717) is 25.3 Å². The van der Waals surface area contributed by atoms with E-state index in [0.717, 1.165) is 12.3 Å². The largest absolute Gasteiger partial charge is 0.417 e. The summed E-state index contributed by atoms with van der Waals surface area (Å²) in [5, 5.41) is 5.16. The summed E-state index contributed by atoms with van der Waals surface area (Å²) in [6.07, 6.45) is -3.07. The topological polar surface area (TPSA) is 54.0 Å². The Morgan fingerprint density at radius 1 is 1.28 bits per heavy atom. The third-order valence-electron chi connectivity index (χ3n) is 1.75. The molecule has 4 nitrogen and oxygen atoms in total. The Balaban J connectivity index is 0.00000137. The Labute approximate surface area is 104 Å². The molecule has 0 atom stereocenters. The molecule has 0 spiro atoms. The van der Waals surface area contributed by atoms with Gasteiger partial charge in [0.15, 0.2) is 0 Å². The number of carbonyl (C=O) groups excluding carboxylic acids is 1. The van der Waals surface area contributed by atoms with Gasteiger partial charge in [-0.05, 0) is 12.1 Å². The van der Waals surface area contributed by atoms with Gasteiger partial charge in [0, 0.05) is 19.3 Å². The third kappa shape index (κ3) is 6.07. The maximum atomic E-state index is 12.2. The predicted octanol–water partition coefficient (Wildman–Crippen LogP) is 2.28. The minimum Gasteiger partial charge on any atom is -0.368 e. The Hall–Kier alpha value is -1.79. The van der Waals surface area contributed by atoms with Crippen molar-refractivity contribution in [2.75, 3.05) is 18.4 Å². The Morgan fingerprint density at radius 2 is 1.94 bits per heavy atom. The molecule has 102 valence electrons. The van der Waals surface area contributed by atoms with Crippen LogP contribution in [0, 0.1) is 0 Å². The molecular formula is C11H16F3N3O. The first-order valence-electron chi connectivity index (χ1n) is 5.48. The molecule has 7 heteroatoms. The molecule has 2 N–H and O–H groups in total. The molecule has 0 unspecified atom stereocenters. The lowest BCUT2D eigenvalue weighted by Gasteiger charge is -2.08. The van der Waals surface area contributed by atoms with Gasteiger partial charge in [0.25, 0.3) is 0 Å². The van der Waals surface area contributed by atoms with Crippen molar-refractivity contribution >= 4 is 12.2 Å². The van der Waals surface area contributed by atoms with Gasteiger partial charge in [-0.25, -0.2) is 4.98 Å². The molecule has 0 aliphatic heterocycles. The highest BCUT2D eigenvalue weighted by Crippen LogP contribution is 2.28. The van der Waals surface area contributed by atoms with Crippen LogP contribution >= 0.6 is 0 Å². The van der Waals surface area contributed by atoms with E-state index in [1.807, 2.05) is 13.8 Å². The fourth-order valence-electron chi connectivity index (χ4n) is 0.988. The van der Waals surface area contributed by atoms with Crippen LogP contribution in [0.1, 0.15) is 19.4 Å². The van der Waals surface area contributed by atoms with Crippen LogP contribution in [0.15, 0.2) is 18.3 Å². The lowest BCUT2D eigenvalue weighted by molar-refractivity contribution is -0.137. The second-order valence-corrected chi connectivity index (χ2v) is 2.93. The van der Waals surface area contributed by atoms with E-state index in [9.17, 15) is 18.0 Å². The fourth-order valence-corrected chi connectivity index (χ4v) is 0.988. The molecule has 0 aliphatic carbocycles. The van der Waals surface area contributed by atoms with E-state index < -0.39 is 11.7 Å². The molecule has 0 radical (unpaired) electrons. The molecule has 0 saturated carbocycles.